The fourth-order valence-corrected chi connectivity index (χ4v) is 5.63. The lowest BCUT2D eigenvalue weighted by molar-refractivity contribution is 0.161. The molecule has 1 saturated heterocycles. The van der Waals surface area contributed by atoms with Gasteiger partial charge in [0.05, 0.1) is 18.1 Å². The number of nitrogens with zero attached hydrogens (tertiary/aromatic N) is 6. The number of aromatic nitrogens is 5. The second-order valence-electron chi connectivity index (χ2n) is 9.72. The molecule has 0 unspecified atom stereocenters. The van der Waals surface area contributed by atoms with Crippen LogP contribution in [-0.2, 0) is 0 Å². The molecule has 0 radical (unpaired) electrons. The van der Waals surface area contributed by atoms with E-state index in [1.807, 2.05) is 26.8 Å². The van der Waals surface area contributed by atoms with Gasteiger partial charge in [0.1, 0.15) is 5.69 Å². The number of piperidine rings is 1. The van der Waals surface area contributed by atoms with E-state index < -0.39 is 0 Å². The SMILES string of the molecule is C/C=C(\C=NC)c1cnc(-c2nc3sc(N(C)C4CC(C)(C)NC(C)(C)C4)nc3[nH]2)cn1.CC. The molecule has 8 nitrogen and oxygen atoms in total. The van der Waals surface area contributed by atoms with E-state index in [-0.39, 0.29) is 11.1 Å². The summed E-state index contributed by atoms with van der Waals surface area (Å²) in [6, 6.07) is 0.418. The molecule has 34 heavy (non-hydrogen) atoms. The molecule has 1 aliphatic heterocycles. The second kappa shape index (κ2) is 10.3. The Hall–Kier alpha value is -2.65. The van der Waals surface area contributed by atoms with Crippen molar-refractivity contribution in [1.82, 2.24) is 30.2 Å². The van der Waals surface area contributed by atoms with Crippen LogP contribution in [-0.4, -0.2) is 62.3 Å². The Morgan fingerprint density at radius 2 is 1.79 bits per heavy atom. The summed E-state index contributed by atoms with van der Waals surface area (Å²) in [6.07, 6.45) is 9.36. The first kappa shape index (κ1) is 26.0. The highest BCUT2D eigenvalue weighted by Gasteiger charge is 2.39. The Kier molecular flexibility index (Phi) is 7.88. The van der Waals surface area contributed by atoms with E-state index in [0.717, 1.165) is 39.7 Å². The minimum atomic E-state index is 0.0882. The second-order valence-corrected chi connectivity index (χ2v) is 10.7. The van der Waals surface area contributed by atoms with E-state index in [9.17, 15) is 0 Å². The van der Waals surface area contributed by atoms with Crippen LogP contribution < -0.4 is 10.2 Å². The minimum absolute atomic E-state index is 0.0882. The summed E-state index contributed by atoms with van der Waals surface area (Å²) in [4.78, 5) is 29.2. The highest BCUT2D eigenvalue weighted by atomic mass is 32.1. The number of imidazole rings is 1. The summed E-state index contributed by atoms with van der Waals surface area (Å²) in [5, 5.41) is 4.74. The molecule has 184 valence electrons. The van der Waals surface area contributed by atoms with Gasteiger partial charge < -0.3 is 15.2 Å². The smallest absolute Gasteiger partial charge is 0.189 e. The molecule has 0 atom stereocenters. The molecule has 0 aromatic carbocycles. The molecular weight excluding hydrogens is 444 g/mol. The summed E-state index contributed by atoms with van der Waals surface area (Å²) >= 11 is 1.61. The zero-order chi connectivity index (χ0) is 25.1. The molecule has 9 heteroatoms. The number of aliphatic imine (C=N–C) groups is 1. The van der Waals surface area contributed by atoms with Crippen LogP contribution in [0.1, 0.15) is 67.0 Å². The van der Waals surface area contributed by atoms with E-state index in [4.69, 9.17) is 9.97 Å². The lowest BCUT2D eigenvalue weighted by Crippen LogP contribution is -2.61. The number of nitrogens with one attached hydrogen (secondary N) is 2. The summed E-state index contributed by atoms with van der Waals surface area (Å²) in [5.41, 5.74) is 3.38. The van der Waals surface area contributed by atoms with Gasteiger partial charge in [0.2, 0.25) is 0 Å². The maximum atomic E-state index is 4.84. The Morgan fingerprint density at radius 1 is 1.12 bits per heavy atom. The van der Waals surface area contributed by atoms with Gasteiger partial charge in [-0.25, -0.2) is 15.0 Å². The number of allylic oxidation sites excluding steroid dienone is 2. The van der Waals surface area contributed by atoms with Gasteiger partial charge in [-0.15, -0.1) is 0 Å². The number of aromatic amines is 1. The van der Waals surface area contributed by atoms with Crippen molar-refractivity contribution in [2.75, 3.05) is 19.0 Å². The predicted octanol–water partition coefficient (Wildman–Crippen LogP) is 5.35. The third-order valence-corrected chi connectivity index (χ3v) is 6.88. The number of anilines is 1. The molecule has 1 aliphatic rings. The van der Waals surface area contributed by atoms with Crippen LogP contribution in [0, 0.1) is 0 Å². The molecule has 0 aliphatic carbocycles. The summed E-state index contributed by atoms with van der Waals surface area (Å²) in [6.45, 7) is 15.1. The minimum Gasteiger partial charge on any atom is -0.348 e. The van der Waals surface area contributed by atoms with E-state index in [2.05, 4.69) is 64.9 Å². The Morgan fingerprint density at radius 3 is 2.32 bits per heavy atom. The molecule has 2 N–H and O–H groups in total. The van der Waals surface area contributed by atoms with Gasteiger partial charge in [0.25, 0.3) is 0 Å². The maximum Gasteiger partial charge on any atom is 0.189 e. The lowest BCUT2D eigenvalue weighted by Gasteiger charge is -2.48. The molecule has 0 amide bonds. The van der Waals surface area contributed by atoms with Crippen LogP contribution in [0.2, 0.25) is 0 Å². The van der Waals surface area contributed by atoms with E-state index in [1.54, 1.807) is 37.0 Å². The molecule has 1 fully saturated rings. The highest BCUT2D eigenvalue weighted by molar-refractivity contribution is 7.21. The van der Waals surface area contributed by atoms with Crippen molar-refractivity contribution in [3.8, 4) is 11.5 Å². The number of H-pyrrole nitrogens is 1. The topological polar surface area (TPSA) is 95.0 Å². The van der Waals surface area contributed by atoms with E-state index >= 15 is 0 Å². The van der Waals surface area contributed by atoms with Gasteiger partial charge in [-0.05, 0) is 47.5 Å². The van der Waals surface area contributed by atoms with Crippen molar-refractivity contribution in [2.45, 2.75) is 78.4 Å². The van der Waals surface area contributed by atoms with Crippen molar-refractivity contribution in [1.29, 1.82) is 0 Å². The van der Waals surface area contributed by atoms with Crippen molar-refractivity contribution < 1.29 is 0 Å². The third-order valence-electron chi connectivity index (χ3n) is 5.84. The van der Waals surface area contributed by atoms with Gasteiger partial charge >= 0.3 is 0 Å². The van der Waals surface area contributed by atoms with Crippen molar-refractivity contribution in [3.05, 3.63) is 24.2 Å². The van der Waals surface area contributed by atoms with Crippen LogP contribution in [0.15, 0.2) is 23.5 Å². The Balaban J connectivity index is 0.00000158. The van der Waals surface area contributed by atoms with Crippen LogP contribution in [0.25, 0.3) is 27.6 Å². The van der Waals surface area contributed by atoms with Crippen molar-refractivity contribution in [3.63, 3.8) is 0 Å². The van der Waals surface area contributed by atoms with Gasteiger partial charge in [0, 0.05) is 43.0 Å². The quantitative estimate of drug-likeness (QED) is 0.476. The molecule has 0 bridgehead atoms. The average molecular weight is 483 g/mol. The monoisotopic (exact) mass is 482 g/mol. The highest BCUT2D eigenvalue weighted by Crippen LogP contribution is 2.36. The summed E-state index contributed by atoms with van der Waals surface area (Å²) in [5.74, 6) is 0.683. The first-order chi connectivity index (χ1) is 16.1. The summed E-state index contributed by atoms with van der Waals surface area (Å²) < 4.78 is 0. The molecule has 3 aromatic heterocycles. The standard InChI is InChI=1S/C23H32N8S.C2H6/c1-8-14(11-24-6)16-12-26-17(13-25-16)18-27-19-20(28-18)32-21(29-19)31(7)15-9-22(2,3)30-23(4,5)10-15;1-2/h8,11-13,15,30H,9-10H2,1-7H3,(H,27,28);1-2H3/b14-8+,24-11?;. The van der Waals surface area contributed by atoms with Crippen molar-refractivity contribution >= 4 is 38.7 Å². The fourth-order valence-electron chi connectivity index (χ4n) is 4.70. The normalized spacial score (nSPS) is 18.2. The van der Waals surface area contributed by atoms with Crippen LogP contribution >= 0.6 is 11.3 Å². The van der Waals surface area contributed by atoms with Gasteiger partial charge in [-0.2, -0.15) is 0 Å². The molecule has 4 heterocycles. The van der Waals surface area contributed by atoms with E-state index in [0.29, 0.717) is 17.6 Å². The van der Waals surface area contributed by atoms with Gasteiger partial charge in [0.15, 0.2) is 21.4 Å². The Bertz CT molecular complexity index is 1110. The molecule has 0 spiro atoms. The molecular formula is C25H38N8S. The third kappa shape index (κ3) is 5.70. The zero-order valence-corrected chi connectivity index (χ0v) is 22.7. The predicted molar refractivity (Wildman–Crippen MR) is 145 cm³/mol. The number of fused-ring (bicyclic) bond motifs is 1. The number of rotatable bonds is 5. The number of hydrogen-bond donors (Lipinski definition) is 2. The van der Waals surface area contributed by atoms with Gasteiger partial charge in [-0.3, -0.25) is 9.98 Å². The van der Waals surface area contributed by atoms with Gasteiger partial charge in [-0.1, -0.05) is 31.3 Å². The molecule has 4 rings (SSSR count). The summed E-state index contributed by atoms with van der Waals surface area (Å²) in [7, 11) is 3.88. The first-order valence-corrected chi connectivity index (χ1v) is 12.7. The largest absolute Gasteiger partial charge is 0.348 e. The average Bonchev–Trinajstić information content (AvgIpc) is 3.36. The fraction of sp³-hybridized carbons (Fsp3) is 0.560. The maximum absolute atomic E-state index is 4.84. The lowest BCUT2D eigenvalue weighted by atomic mass is 9.79. The number of thiazole rings is 1. The van der Waals surface area contributed by atoms with E-state index in [1.165, 1.54) is 0 Å². The Labute approximate surface area is 207 Å². The van der Waals surface area contributed by atoms with Crippen molar-refractivity contribution in [2.24, 2.45) is 4.99 Å². The van der Waals surface area contributed by atoms with Crippen LogP contribution in [0.4, 0.5) is 5.13 Å². The number of hydrogen-bond acceptors (Lipinski definition) is 8. The van der Waals surface area contributed by atoms with Crippen LogP contribution in [0.5, 0.6) is 0 Å². The van der Waals surface area contributed by atoms with Crippen LogP contribution in [0.3, 0.4) is 0 Å². The molecule has 3 aromatic rings. The molecule has 0 saturated carbocycles. The first-order valence-electron chi connectivity index (χ1n) is 11.9. The zero-order valence-electron chi connectivity index (χ0n) is 21.9.